The Kier molecular flexibility index (Phi) is 3.73. The molecule has 0 unspecified atom stereocenters. The predicted octanol–water partition coefficient (Wildman–Crippen LogP) is 1.35. The van der Waals surface area contributed by atoms with Gasteiger partial charge in [0.1, 0.15) is 6.29 Å². The average molecular weight is 173 g/mol. The first-order valence-electron chi connectivity index (χ1n) is 3.82. The van der Waals surface area contributed by atoms with Gasteiger partial charge in [0.15, 0.2) is 0 Å². The fourth-order valence-corrected chi connectivity index (χ4v) is 0.839. The second-order valence-corrected chi connectivity index (χ2v) is 3.36. The van der Waals surface area contributed by atoms with Crippen molar-refractivity contribution in [2.45, 2.75) is 32.2 Å². The van der Waals surface area contributed by atoms with Gasteiger partial charge >= 0.3 is 6.09 Å². The Hall–Kier alpha value is -1.06. The molecule has 0 aromatic carbocycles. The minimum atomic E-state index is -0.967. The fourth-order valence-electron chi connectivity index (χ4n) is 0.839. The molecule has 0 aromatic heterocycles. The molecule has 0 heterocycles. The summed E-state index contributed by atoms with van der Waals surface area (Å²) in [5.41, 5.74) is -0.466. The lowest BCUT2D eigenvalue weighted by Crippen LogP contribution is -2.44. The van der Waals surface area contributed by atoms with Crippen LogP contribution in [0.25, 0.3) is 0 Å². The molecule has 0 aliphatic heterocycles. The summed E-state index contributed by atoms with van der Waals surface area (Å²) in [6, 6.07) is 0. The zero-order valence-corrected chi connectivity index (χ0v) is 7.70. The number of hydrogen-bond acceptors (Lipinski definition) is 2. The van der Waals surface area contributed by atoms with E-state index in [1.165, 1.54) is 11.9 Å². The second kappa shape index (κ2) is 4.09. The van der Waals surface area contributed by atoms with Crippen molar-refractivity contribution in [1.29, 1.82) is 0 Å². The molecule has 0 rings (SSSR count). The molecule has 70 valence electrons. The van der Waals surface area contributed by atoms with E-state index in [9.17, 15) is 9.59 Å². The lowest BCUT2D eigenvalue weighted by atomic mass is 9.97. The van der Waals surface area contributed by atoms with Crippen molar-refractivity contribution >= 4 is 12.4 Å². The third-order valence-electron chi connectivity index (χ3n) is 2.07. The first kappa shape index (κ1) is 10.9. The van der Waals surface area contributed by atoms with Gasteiger partial charge in [-0.05, 0) is 20.3 Å². The normalized spacial score (nSPS) is 10.9. The van der Waals surface area contributed by atoms with Crippen molar-refractivity contribution in [1.82, 2.24) is 4.90 Å². The summed E-state index contributed by atoms with van der Waals surface area (Å²) in [4.78, 5) is 21.8. The van der Waals surface area contributed by atoms with Crippen molar-refractivity contribution in [2.75, 3.05) is 7.05 Å². The minimum absolute atomic E-state index is 0.393. The van der Waals surface area contributed by atoms with Crippen LogP contribution in [-0.2, 0) is 4.79 Å². The topological polar surface area (TPSA) is 57.6 Å². The maximum Gasteiger partial charge on any atom is 0.407 e. The van der Waals surface area contributed by atoms with Gasteiger partial charge in [-0.25, -0.2) is 4.79 Å². The molecule has 0 aliphatic rings. The summed E-state index contributed by atoms with van der Waals surface area (Å²) in [6.45, 7) is 3.59. The van der Waals surface area contributed by atoms with Gasteiger partial charge in [-0.1, -0.05) is 0 Å². The first-order chi connectivity index (χ1) is 5.41. The molecule has 12 heavy (non-hydrogen) atoms. The Morgan fingerprint density at radius 3 is 2.42 bits per heavy atom. The van der Waals surface area contributed by atoms with E-state index < -0.39 is 11.6 Å². The van der Waals surface area contributed by atoms with E-state index in [0.717, 1.165) is 6.29 Å². The molecule has 0 saturated carbocycles. The maximum atomic E-state index is 10.5. The van der Waals surface area contributed by atoms with E-state index in [2.05, 4.69) is 0 Å². The number of aldehydes is 1. The van der Waals surface area contributed by atoms with Gasteiger partial charge < -0.3 is 14.8 Å². The molecule has 0 saturated heterocycles. The summed E-state index contributed by atoms with van der Waals surface area (Å²) in [7, 11) is 1.51. The Balaban J connectivity index is 4.17. The molecule has 0 radical (unpaired) electrons. The van der Waals surface area contributed by atoms with E-state index in [0.29, 0.717) is 12.8 Å². The van der Waals surface area contributed by atoms with E-state index in [4.69, 9.17) is 5.11 Å². The molecule has 1 N–H and O–H groups in total. The lowest BCUT2D eigenvalue weighted by Gasteiger charge is -2.32. The van der Waals surface area contributed by atoms with Crippen LogP contribution in [0.5, 0.6) is 0 Å². The van der Waals surface area contributed by atoms with Crippen LogP contribution in [0.4, 0.5) is 4.79 Å². The number of nitrogens with zero attached hydrogens (tertiary/aromatic N) is 1. The van der Waals surface area contributed by atoms with E-state index in [1.807, 2.05) is 0 Å². The third-order valence-corrected chi connectivity index (χ3v) is 2.07. The van der Waals surface area contributed by atoms with Gasteiger partial charge in [0.2, 0.25) is 0 Å². The highest BCUT2D eigenvalue weighted by Crippen LogP contribution is 2.18. The van der Waals surface area contributed by atoms with Gasteiger partial charge in [0.05, 0.1) is 0 Å². The Morgan fingerprint density at radius 1 is 1.58 bits per heavy atom. The summed E-state index contributed by atoms with van der Waals surface area (Å²) < 4.78 is 0. The molecule has 1 amide bonds. The van der Waals surface area contributed by atoms with Crippen molar-refractivity contribution in [3.8, 4) is 0 Å². The van der Waals surface area contributed by atoms with Gasteiger partial charge in [-0.3, -0.25) is 0 Å². The first-order valence-corrected chi connectivity index (χ1v) is 3.82. The van der Waals surface area contributed by atoms with Crippen LogP contribution in [0.1, 0.15) is 26.7 Å². The number of hydrogen-bond donors (Lipinski definition) is 1. The summed E-state index contributed by atoms with van der Waals surface area (Å²) in [6.07, 6.45) is 0.785. The van der Waals surface area contributed by atoms with Crippen molar-refractivity contribution in [3.63, 3.8) is 0 Å². The monoisotopic (exact) mass is 173 g/mol. The van der Waals surface area contributed by atoms with Gasteiger partial charge in [-0.15, -0.1) is 0 Å². The highest BCUT2D eigenvalue weighted by Gasteiger charge is 2.26. The fraction of sp³-hybridized carbons (Fsp3) is 0.750. The van der Waals surface area contributed by atoms with E-state index >= 15 is 0 Å². The number of carboxylic acid groups (broad SMARTS) is 1. The smallest absolute Gasteiger partial charge is 0.407 e. The van der Waals surface area contributed by atoms with E-state index in [-0.39, 0.29) is 0 Å². The number of rotatable bonds is 4. The standard InChI is InChI=1S/C8H15NO3/c1-8(2,5-4-6-10)9(3)7(11)12/h6H,4-5H2,1-3H3,(H,11,12). The molecular weight excluding hydrogens is 158 g/mol. The Bertz CT molecular complexity index is 177. The van der Waals surface area contributed by atoms with Gasteiger partial charge in [-0.2, -0.15) is 0 Å². The van der Waals surface area contributed by atoms with E-state index in [1.54, 1.807) is 13.8 Å². The van der Waals surface area contributed by atoms with Crippen LogP contribution in [0.2, 0.25) is 0 Å². The van der Waals surface area contributed by atoms with Crippen LogP contribution < -0.4 is 0 Å². The summed E-state index contributed by atoms with van der Waals surface area (Å²) in [5.74, 6) is 0. The molecule has 4 nitrogen and oxygen atoms in total. The van der Waals surface area contributed by atoms with Crippen LogP contribution in [0.15, 0.2) is 0 Å². The minimum Gasteiger partial charge on any atom is -0.465 e. The van der Waals surface area contributed by atoms with Gasteiger partial charge in [0, 0.05) is 19.0 Å². The van der Waals surface area contributed by atoms with Gasteiger partial charge in [0.25, 0.3) is 0 Å². The Morgan fingerprint density at radius 2 is 2.08 bits per heavy atom. The molecule has 0 aromatic rings. The van der Waals surface area contributed by atoms with Crippen molar-refractivity contribution in [2.24, 2.45) is 0 Å². The van der Waals surface area contributed by atoms with Crippen LogP contribution in [0, 0.1) is 0 Å². The van der Waals surface area contributed by atoms with Crippen LogP contribution in [0.3, 0.4) is 0 Å². The lowest BCUT2D eigenvalue weighted by molar-refractivity contribution is -0.108. The molecule has 4 heteroatoms. The predicted molar refractivity (Wildman–Crippen MR) is 45.2 cm³/mol. The molecule has 0 bridgehead atoms. The zero-order chi connectivity index (χ0) is 9.78. The van der Waals surface area contributed by atoms with Crippen molar-refractivity contribution in [3.05, 3.63) is 0 Å². The zero-order valence-electron chi connectivity index (χ0n) is 7.70. The quantitative estimate of drug-likeness (QED) is 0.653. The molecule has 0 aliphatic carbocycles. The molecule has 0 spiro atoms. The number of amides is 1. The number of carbonyl (C=O) groups is 2. The highest BCUT2D eigenvalue weighted by molar-refractivity contribution is 5.65. The Labute approximate surface area is 72.2 Å². The second-order valence-electron chi connectivity index (χ2n) is 3.36. The molecular formula is C8H15NO3. The summed E-state index contributed by atoms with van der Waals surface area (Å²) in [5, 5.41) is 8.65. The largest absolute Gasteiger partial charge is 0.465 e. The molecule has 0 fully saturated rings. The van der Waals surface area contributed by atoms with Crippen LogP contribution >= 0.6 is 0 Å². The van der Waals surface area contributed by atoms with Crippen molar-refractivity contribution < 1.29 is 14.7 Å². The SMILES string of the molecule is CN(C(=O)O)C(C)(C)CCC=O. The maximum absolute atomic E-state index is 10.5. The van der Waals surface area contributed by atoms with Crippen LogP contribution in [-0.4, -0.2) is 35.0 Å². The number of carbonyl (C=O) groups excluding carboxylic acids is 1. The highest BCUT2D eigenvalue weighted by atomic mass is 16.4. The summed E-state index contributed by atoms with van der Waals surface area (Å²) >= 11 is 0. The molecule has 0 atom stereocenters. The third kappa shape index (κ3) is 2.90. The average Bonchev–Trinajstić information content (AvgIpc) is 1.99.